The highest BCUT2D eigenvalue weighted by molar-refractivity contribution is 5.91. The van der Waals surface area contributed by atoms with Gasteiger partial charge in [0.05, 0.1) is 0 Å². The number of esters is 1. The average Bonchev–Trinajstić information content (AvgIpc) is 3.00. The zero-order valence-electron chi connectivity index (χ0n) is 9.47. The summed E-state index contributed by atoms with van der Waals surface area (Å²) >= 11 is 0. The molecule has 5 heteroatoms. The molecule has 2 aliphatic heterocycles. The summed E-state index contributed by atoms with van der Waals surface area (Å²) in [6.45, 7) is 3.37. The maximum absolute atomic E-state index is 11.7. The molecule has 4 atom stereocenters. The summed E-state index contributed by atoms with van der Waals surface area (Å²) in [6.07, 6.45) is 0.602. The van der Waals surface area contributed by atoms with Gasteiger partial charge in [0.1, 0.15) is 6.10 Å². The van der Waals surface area contributed by atoms with Gasteiger partial charge in [-0.15, -0.1) is 0 Å². The number of unbranched alkanes of at least 4 members (excludes halogenated alkanes) is 1. The van der Waals surface area contributed by atoms with Crippen LogP contribution in [0.1, 0.15) is 33.1 Å². The zero-order chi connectivity index (χ0) is 11.7. The van der Waals surface area contributed by atoms with Gasteiger partial charge in [-0.25, -0.2) is 0 Å². The molecule has 2 saturated heterocycles. The molecular weight excluding hydrogens is 212 g/mol. The molecule has 0 aliphatic carbocycles. The van der Waals surface area contributed by atoms with Crippen LogP contribution < -0.4 is 0 Å². The van der Waals surface area contributed by atoms with Crippen LogP contribution in [0, 0.1) is 0 Å². The molecule has 2 rings (SSSR count). The Hall–Kier alpha value is -0.940. The van der Waals surface area contributed by atoms with E-state index in [0.717, 1.165) is 12.8 Å². The average molecular weight is 228 g/mol. The lowest BCUT2D eigenvalue weighted by atomic mass is 10.0. The van der Waals surface area contributed by atoms with Gasteiger partial charge in [-0.3, -0.25) is 9.59 Å². The van der Waals surface area contributed by atoms with Crippen molar-refractivity contribution in [1.82, 2.24) is 0 Å². The van der Waals surface area contributed by atoms with Crippen LogP contribution in [-0.2, 0) is 23.8 Å². The first-order chi connectivity index (χ1) is 7.63. The summed E-state index contributed by atoms with van der Waals surface area (Å²) in [5.41, 5.74) is 0. The monoisotopic (exact) mass is 228 g/mol. The fourth-order valence-electron chi connectivity index (χ4n) is 1.91. The van der Waals surface area contributed by atoms with Crippen molar-refractivity contribution in [2.45, 2.75) is 57.7 Å². The maximum Gasteiger partial charge on any atom is 0.305 e. The predicted molar refractivity (Wildman–Crippen MR) is 53.6 cm³/mol. The molecule has 0 spiro atoms. The SMILES string of the molecule is CCCCC1OC(OC(C)=O)C2OC2C1=O. The minimum absolute atomic E-state index is 0.0122. The molecule has 0 amide bonds. The zero-order valence-corrected chi connectivity index (χ0v) is 9.47. The number of fused-ring (bicyclic) bond motifs is 1. The van der Waals surface area contributed by atoms with Crippen molar-refractivity contribution in [3.05, 3.63) is 0 Å². The highest BCUT2D eigenvalue weighted by atomic mass is 16.7. The van der Waals surface area contributed by atoms with E-state index < -0.39 is 24.5 Å². The molecule has 2 heterocycles. The van der Waals surface area contributed by atoms with E-state index in [4.69, 9.17) is 14.2 Å². The van der Waals surface area contributed by atoms with E-state index in [1.54, 1.807) is 0 Å². The van der Waals surface area contributed by atoms with Crippen LogP contribution in [0.25, 0.3) is 0 Å². The van der Waals surface area contributed by atoms with Crippen LogP contribution in [0.3, 0.4) is 0 Å². The number of hydrogen-bond donors (Lipinski definition) is 0. The smallest absolute Gasteiger partial charge is 0.305 e. The standard InChI is InChI=1S/C11H16O5/c1-3-4-5-7-8(13)9-10(16-9)11(15-7)14-6(2)12/h7,9-11H,3-5H2,1-2H3. The number of ether oxygens (including phenoxy) is 3. The second kappa shape index (κ2) is 4.51. The Morgan fingerprint density at radius 3 is 2.81 bits per heavy atom. The summed E-state index contributed by atoms with van der Waals surface area (Å²) in [5.74, 6) is -0.426. The molecule has 0 aromatic rings. The first-order valence-corrected chi connectivity index (χ1v) is 5.65. The highest BCUT2D eigenvalue weighted by Gasteiger charge is 2.58. The number of hydrogen-bond acceptors (Lipinski definition) is 5. The molecule has 90 valence electrons. The van der Waals surface area contributed by atoms with Crippen molar-refractivity contribution >= 4 is 11.8 Å². The molecule has 4 unspecified atom stereocenters. The molecule has 0 bridgehead atoms. The van der Waals surface area contributed by atoms with Crippen molar-refractivity contribution in [1.29, 1.82) is 0 Å². The van der Waals surface area contributed by atoms with Gasteiger partial charge >= 0.3 is 5.97 Å². The minimum atomic E-state index is -0.706. The third-order valence-electron chi connectivity index (χ3n) is 2.79. The van der Waals surface area contributed by atoms with Gasteiger partial charge in [0.2, 0.25) is 6.29 Å². The second-order valence-corrected chi connectivity index (χ2v) is 4.17. The van der Waals surface area contributed by atoms with Gasteiger partial charge in [0.15, 0.2) is 18.0 Å². The van der Waals surface area contributed by atoms with Gasteiger partial charge in [0, 0.05) is 6.92 Å². The summed E-state index contributed by atoms with van der Waals surface area (Å²) in [5, 5.41) is 0. The van der Waals surface area contributed by atoms with Crippen LogP contribution in [0.4, 0.5) is 0 Å². The fourth-order valence-corrected chi connectivity index (χ4v) is 1.91. The summed E-state index contributed by atoms with van der Waals surface area (Å²) in [4.78, 5) is 22.5. The van der Waals surface area contributed by atoms with Crippen molar-refractivity contribution in [3.63, 3.8) is 0 Å². The first kappa shape index (κ1) is 11.5. The van der Waals surface area contributed by atoms with E-state index in [1.165, 1.54) is 6.92 Å². The number of carbonyl (C=O) groups is 2. The topological polar surface area (TPSA) is 65.1 Å². The lowest BCUT2D eigenvalue weighted by Gasteiger charge is -2.25. The van der Waals surface area contributed by atoms with Gasteiger partial charge < -0.3 is 14.2 Å². The molecule has 0 aromatic heterocycles. The molecule has 16 heavy (non-hydrogen) atoms. The lowest BCUT2D eigenvalue weighted by molar-refractivity contribution is -0.198. The Morgan fingerprint density at radius 2 is 2.19 bits per heavy atom. The Bertz CT molecular complexity index is 301. The largest absolute Gasteiger partial charge is 0.433 e. The van der Waals surface area contributed by atoms with E-state index in [2.05, 4.69) is 0 Å². The van der Waals surface area contributed by atoms with E-state index in [0.29, 0.717) is 6.42 Å². The Labute approximate surface area is 94.0 Å². The van der Waals surface area contributed by atoms with Crippen LogP contribution in [0.15, 0.2) is 0 Å². The van der Waals surface area contributed by atoms with Crippen LogP contribution >= 0.6 is 0 Å². The molecule has 5 nitrogen and oxygen atoms in total. The van der Waals surface area contributed by atoms with Crippen LogP contribution in [-0.4, -0.2) is 36.4 Å². The van der Waals surface area contributed by atoms with E-state index in [1.807, 2.05) is 6.92 Å². The maximum atomic E-state index is 11.7. The van der Waals surface area contributed by atoms with Gasteiger partial charge in [-0.2, -0.15) is 0 Å². The second-order valence-electron chi connectivity index (χ2n) is 4.17. The molecular formula is C11H16O5. The normalized spacial score (nSPS) is 36.8. The van der Waals surface area contributed by atoms with Gasteiger partial charge in [0.25, 0.3) is 0 Å². The summed E-state index contributed by atoms with van der Waals surface area (Å²) < 4.78 is 15.6. The van der Waals surface area contributed by atoms with Gasteiger partial charge in [-0.1, -0.05) is 19.8 Å². The number of rotatable bonds is 4. The Kier molecular flexibility index (Phi) is 3.25. The van der Waals surface area contributed by atoms with Crippen LogP contribution in [0.5, 0.6) is 0 Å². The van der Waals surface area contributed by atoms with Crippen molar-refractivity contribution in [2.75, 3.05) is 0 Å². The van der Waals surface area contributed by atoms with Crippen LogP contribution in [0.2, 0.25) is 0 Å². The molecule has 0 radical (unpaired) electrons. The highest BCUT2D eigenvalue weighted by Crippen LogP contribution is 2.36. The number of Topliss-reactive ketones (excluding diaryl/α,β-unsaturated/α-hetero) is 1. The first-order valence-electron chi connectivity index (χ1n) is 5.65. The third-order valence-corrected chi connectivity index (χ3v) is 2.79. The number of ketones is 1. The molecule has 0 saturated carbocycles. The minimum Gasteiger partial charge on any atom is -0.433 e. The molecule has 2 aliphatic rings. The van der Waals surface area contributed by atoms with E-state index >= 15 is 0 Å². The quantitative estimate of drug-likeness (QED) is 0.526. The number of carbonyl (C=O) groups excluding carboxylic acids is 2. The van der Waals surface area contributed by atoms with Crippen molar-refractivity contribution in [2.24, 2.45) is 0 Å². The van der Waals surface area contributed by atoms with Crippen molar-refractivity contribution < 1.29 is 23.8 Å². The van der Waals surface area contributed by atoms with E-state index in [9.17, 15) is 9.59 Å². The van der Waals surface area contributed by atoms with E-state index in [-0.39, 0.29) is 11.9 Å². The Morgan fingerprint density at radius 1 is 1.44 bits per heavy atom. The Balaban J connectivity index is 1.94. The lowest BCUT2D eigenvalue weighted by Crippen LogP contribution is -2.43. The fraction of sp³-hybridized carbons (Fsp3) is 0.818. The number of epoxide rings is 1. The summed E-state index contributed by atoms with van der Waals surface area (Å²) in [7, 11) is 0. The molecule has 2 fully saturated rings. The third kappa shape index (κ3) is 2.25. The summed E-state index contributed by atoms with van der Waals surface area (Å²) in [6, 6.07) is 0. The van der Waals surface area contributed by atoms with Gasteiger partial charge in [-0.05, 0) is 6.42 Å². The predicted octanol–water partition coefficient (Wildman–Crippen LogP) is 0.801. The molecule has 0 aromatic carbocycles. The van der Waals surface area contributed by atoms with Crippen molar-refractivity contribution in [3.8, 4) is 0 Å². The molecule has 0 N–H and O–H groups in total.